The van der Waals surface area contributed by atoms with Gasteiger partial charge in [0.2, 0.25) is 0 Å². The van der Waals surface area contributed by atoms with Gasteiger partial charge in [0.1, 0.15) is 0 Å². The maximum Gasteiger partial charge on any atom is 0.163 e. The maximum atomic E-state index is 14.0. The minimum Gasteiger partial charge on any atom is -0.312 e. The molecular weight excluding hydrogens is 270 g/mol. The van der Waals surface area contributed by atoms with Crippen LogP contribution in [0.3, 0.4) is 0 Å². The van der Waals surface area contributed by atoms with Crippen molar-refractivity contribution in [3.05, 3.63) is 35.4 Å². The summed E-state index contributed by atoms with van der Waals surface area (Å²) in [6, 6.07) is 4.56. The van der Waals surface area contributed by atoms with Crippen molar-refractivity contribution < 1.29 is 8.78 Å². The highest BCUT2D eigenvalue weighted by atomic mass is 19.2. The molecule has 1 N–H and O–H groups in total. The van der Waals surface area contributed by atoms with E-state index >= 15 is 0 Å². The van der Waals surface area contributed by atoms with Crippen LogP contribution in [0.1, 0.15) is 51.6 Å². The first-order valence-electron chi connectivity index (χ1n) is 7.86. The Labute approximate surface area is 127 Å². The fourth-order valence-corrected chi connectivity index (χ4v) is 2.49. The second kappa shape index (κ2) is 9.11. The first-order valence-corrected chi connectivity index (χ1v) is 7.86. The van der Waals surface area contributed by atoms with E-state index in [1.807, 2.05) is 0 Å². The van der Waals surface area contributed by atoms with Gasteiger partial charge in [-0.25, -0.2) is 8.78 Å². The summed E-state index contributed by atoms with van der Waals surface area (Å²) >= 11 is 0. The van der Waals surface area contributed by atoms with E-state index in [1.165, 1.54) is 12.8 Å². The first kappa shape index (κ1) is 18.1. The van der Waals surface area contributed by atoms with Crippen LogP contribution in [-0.4, -0.2) is 31.1 Å². The molecule has 1 rings (SSSR count). The molecule has 0 aliphatic rings. The van der Waals surface area contributed by atoms with Crippen LogP contribution < -0.4 is 5.32 Å². The monoisotopic (exact) mass is 298 g/mol. The van der Waals surface area contributed by atoms with Gasteiger partial charge in [-0.3, -0.25) is 4.90 Å². The Kier molecular flexibility index (Phi) is 7.83. The summed E-state index contributed by atoms with van der Waals surface area (Å²) in [5.41, 5.74) is 0.402. The fraction of sp³-hybridized carbons (Fsp3) is 0.647. The van der Waals surface area contributed by atoms with Crippen LogP contribution >= 0.6 is 0 Å². The topological polar surface area (TPSA) is 15.3 Å². The smallest absolute Gasteiger partial charge is 0.163 e. The summed E-state index contributed by atoms with van der Waals surface area (Å²) in [5, 5.41) is 3.11. The van der Waals surface area contributed by atoms with Gasteiger partial charge in [-0.15, -0.1) is 0 Å². The van der Waals surface area contributed by atoms with Crippen LogP contribution in [0.2, 0.25) is 0 Å². The van der Waals surface area contributed by atoms with Crippen molar-refractivity contribution in [1.82, 2.24) is 10.2 Å². The number of nitrogens with zero attached hydrogens (tertiary/aromatic N) is 1. The molecule has 21 heavy (non-hydrogen) atoms. The molecule has 120 valence electrons. The van der Waals surface area contributed by atoms with E-state index in [2.05, 4.69) is 31.0 Å². The minimum atomic E-state index is -0.783. The van der Waals surface area contributed by atoms with Gasteiger partial charge in [0, 0.05) is 24.2 Å². The Balaban J connectivity index is 2.80. The van der Waals surface area contributed by atoms with E-state index in [1.54, 1.807) is 19.2 Å². The zero-order chi connectivity index (χ0) is 15.8. The highest BCUT2D eigenvalue weighted by Gasteiger charge is 2.20. The largest absolute Gasteiger partial charge is 0.312 e. The molecule has 0 aliphatic carbocycles. The Morgan fingerprint density at radius 2 is 1.90 bits per heavy atom. The van der Waals surface area contributed by atoms with E-state index in [9.17, 15) is 8.78 Å². The molecule has 0 radical (unpaired) electrons. The quantitative estimate of drug-likeness (QED) is 0.690. The molecule has 1 aromatic carbocycles. The molecule has 2 nitrogen and oxygen atoms in total. The Bertz CT molecular complexity index is 421. The van der Waals surface area contributed by atoms with Crippen LogP contribution in [0.25, 0.3) is 0 Å². The molecule has 0 fully saturated rings. The zero-order valence-electron chi connectivity index (χ0n) is 13.6. The average Bonchev–Trinajstić information content (AvgIpc) is 2.46. The van der Waals surface area contributed by atoms with Gasteiger partial charge in [0.25, 0.3) is 0 Å². The van der Waals surface area contributed by atoms with Gasteiger partial charge in [-0.1, -0.05) is 31.9 Å². The van der Waals surface area contributed by atoms with Crippen molar-refractivity contribution in [1.29, 1.82) is 0 Å². The number of nitrogens with one attached hydrogen (secondary N) is 1. The predicted molar refractivity (Wildman–Crippen MR) is 84.4 cm³/mol. The minimum absolute atomic E-state index is 0.204. The number of unbranched alkanes of at least 4 members (excludes halogenated alkanes) is 2. The number of rotatable bonds is 9. The van der Waals surface area contributed by atoms with Crippen LogP contribution in [0.15, 0.2) is 18.2 Å². The average molecular weight is 298 g/mol. The predicted octanol–water partition coefficient (Wildman–Crippen LogP) is 4.13. The van der Waals surface area contributed by atoms with Gasteiger partial charge in [0.05, 0.1) is 0 Å². The summed E-state index contributed by atoms with van der Waals surface area (Å²) in [6.45, 7) is 8.12. The lowest BCUT2D eigenvalue weighted by Crippen LogP contribution is -2.39. The number of halogens is 2. The van der Waals surface area contributed by atoms with Crippen molar-refractivity contribution in [3.63, 3.8) is 0 Å². The third-order valence-corrected chi connectivity index (χ3v) is 3.90. The summed E-state index contributed by atoms with van der Waals surface area (Å²) in [6.07, 6.45) is 3.51. The normalized spacial score (nSPS) is 13.1. The molecular formula is C17H28F2N2. The molecule has 0 spiro atoms. The Hall–Kier alpha value is -1.00. The van der Waals surface area contributed by atoms with Crippen LogP contribution in [-0.2, 0) is 0 Å². The molecule has 0 heterocycles. The number of hydrogen-bond donors (Lipinski definition) is 1. The lowest BCUT2D eigenvalue weighted by molar-refractivity contribution is 0.194. The number of hydrogen-bond acceptors (Lipinski definition) is 2. The summed E-state index contributed by atoms with van der Waals surface area (Å²) in [5.74, 6) is -1.52. The van der Waals surface area contributed by atoms with Gasteiger partial charge in [0.15, 0.2) is 11.6 Å². The van der Waals surface area contributed by atoms with Crippen LogP contribution in [0, 0.1) is 11.6 Å². The van der Waals surface area contributed by atoms with E-state index < -0.39 is 11.6 Å². The maximum absolute atomic E-state index is 14.0. The van der Waals surface area contributed by atoms with Crippen molar-refractivity contribution in [3.8, 4) is 0 Å². The summed E-state index contributed by atoms with van der Waals surface area (Å²) < 4.78 is 27.4. The zero-order valence-corrected chi connectivity index (χ0v) is 13.6. The third kappa shape index (κ3) is 5.36. The molecule has 0 saturated carbocycles. The highest BCUT2D eigenvalue weighted by Crippen LogP contribution is 2.21. The molecule has 0 saturated heterocycles. The van der Waals surface area contributed by atoms with Crippen molar-refractivity contribution >= 4 is 0 Å². The molecule has 1 unspecified atom stereocenters. The fourth-order valence-electron chi connectivity index (χ4n) is 2.49. The molecule has 0 bridgehead atoms. The standard InChI is InChI=1S/C17H28F2N2/c1-5-6-7-11-21(13(2)3)12-16(20-4)14-9-8-10-15(18)17(14)19/h8-10,13,16,20H,5-7,11-12H2,1-4H3. The van der Waals surface area contributed by atoms with E-state index in [0.717, 1.165) is 19.0 Å². The molecule has 0 aromatic heterocycles. The lowest BCUT2D eigenvalue weighted by Gasteiger charge is -2.31. The second-order valence-electron chi connectivity index (χ2n) is 5.78. The molecule has 0 aliphatic heterocycles. The van der Waals surface area contributed by atoms with Crippen molar-refractivity contribution in [2.75, 3.05) is 20.1 Å². The Morgan fingerprint density at radius 3 is 2.48 bits per heavy atom. The molecule has 1 atom stereocenters. The second-order valence-corrected chi connectivity index (χ2v) is 5.78. The molecule has 4 heteroatoms. The number of benzene rings is 1. The van der Waals surface area contributed by atoms with E-state index in [0.29, 0.717) is 18.2 Å². The van der Waals surface area contributed by atoms with Gasteiger partial charge >= 0.3 is 0 Å². The number of likely N-dealkylation sites (N-methyl/N-ethyl adjacent to an activating group) is 1. The summed E-state index contributed by atoms with van der Waals surface area (Å²) in [4.78, 5) is 2.32. The Morgan fingerprint density at radius 1 is 1.19 bits per heavy atom. The van der Waals surface area contributed by atoms with E-state index in [4.69, 9.17) is 0 Å². The third-order valence-electron chi connectivity index (χ3n) is 3.90. The van der Waals surface area contributed by atoms with Crippen molar-refractivity contribution in [2.24, 2.45) is 0 Å². The van der Waals surface area contributed by atoms with Crippen LogP contribution in [0.5, 0.6) is 0 Å². The van der Waals surface area contributed by atoms with Gasteiger partial charge in [-0.05, 0) is 39.9 Å². The SMILES string of the molecule is CCCCCN(CC(NC)c1cccc(F)c1F)C(C)C. The molecule has 0 amide bonds. The van der Waals surface area contributed by atoms with Gasteiger partial charge in [-0.2, -0.15) is 0 Å². The van der Waals surface area contributed by atoms with Gasteiger partial charge < -0.3 is 5.32 Å². The van der Waals surface area contributed by atoms with Crippen molar-refractivity contribution in [2.45, 2.75) is 52.1 Å². The first-order chi connectivity index (χ1) is 10.0. The highest BCUT2D eigenvalue weighted by molar-refractivity contribution is 5.23. The summed E-state index contributed by atoms with van der Waals surface area (Å²) in [7, 11) is 1.79. The van der Waals surface area contributed by atoms with Crippen LogP contribution in [0.4, 0.5) is 8.78 Å². The van der Waals surface area contributed by atoms with E-state index in [-0.39, 0.29) is 6.04 Å². The molecule has 1 aromatic rings. The lowest BCUT2D eigenvalue weighted by atomic mass is 10.0.